The fourth-order valence-electron chi connectivity index (χ4n) is 4.11. The van der Waals surface area contributed by atoms with Gasteiger partial charge in [0.25, 0.3) is 0 Å². The maximum atomic E-state index is 12.9. The summed E-state index contributed by atoms with van der Waals surface area (Å²) in [5.74, 6) is 0.846. The van der Waals surface area contributed by atoms with Crippen molar-refractivity contribution in [1.29, 1.82) is 0 Å². The molecule has 0 bridgehead atoms. The molecule has 3 aromatic heterocycles. The zero-order chi connectivity index (χ0) is 21.5. The third-order valence-corrected chi connectivity index (χ3v) is 5.77. The van der Waals surface area contributed by atoms with Crippen molar-refractivity contribution < 1.29 is 22.5 Å². The quantitative estimate of drug-likeness (QED) is 0.673. The first-order chi connectivity index (χ1) is 14.2. The number of hydrogen-bond donors (Lipinski definition) is 1. The van der Waals surface area contributed by atoms with Gasteiger partial charge in [0, 0.05) is 36.7 Å². The van der Waals surface area contributed by atoms with E-state index in [4.69, 9.17) is 4.52 Å². The minimum absolute atomic E-state index is 0.0466. The molecule has 4 heterocycles. The number of nitrogens with zero attached hydrogens (tertiary/aromatic N) is 3. The van der Waals surface area contributed by atoms with Crippen molar-refractivity contribution in [3.8, 4) is 0 Å². The van der Waals surface area contributed by atoms with Crippen molar-refractivity contribution in [1.82, 2.24) is 20.0 Å². The first-order valence-corrected chi connectivity index (χ1v) is 9.98. The van der Waals surface area contributed by atoms with Crippen LogP contribution in [-0.2, 0) is 17.4 Å². The van der Waals surface area contributed by atoms with Crippen LogP contribution in [0.2, 0.25) is 0 Å². The maximum Gasteiger partial charge on any atom is 0.433 e. The molecule has 4 rings (SSSR count). The van der Waals surface area contributed by atoms with Crippen LogP contribution >= 0.6 is 0 Å². The normalized spacial score (nSPS) is 17.6. The van der Waals surface area contributed by atoms with Crippen LogP contribution in [0.3, 0.4) is 0 Å². The second kappa shape index (κ2) is 7.77. The number of rotatable bonds is 4. The highest BCUT2D eigenvalue weighted by Crippen LogP contribution is 2.32. The average Bonchev–Trinajstić information content (AvgIpc) is 3.28. The van der Waals surface area contributed by atoms with Gasteiger partial charge in [-0.3, -0.25) is 4.79 Å². The maximum absolute atomic E-state index is 12.9. The topological polar surface area (TPSA) is 75.0 Å². The molecule has 3 aromatic rings. The second-order valence-electron chi connectivity index (χ2n) is 7.83. The highest BCUT2D eigenvalue weighted by Gasteiger charge is 2.33. The number of pyridine rings is 1. The number of aromatic nitrogens is 3. The summed E-state index contributed by atoms with van der Waals surface area (Å²) >= 11 is 0. The van der Waals surface area contributed by atoms with Gasteiger partial charge in [-0.15, -0.1) is 0 Å². The number of likely N-dealkylation sites (tertiary alicyclic amines) is 1. The zero-order valence-corrected chi connectivity index (χ0v) is 16.8. The first-order valence-electron chi connectivity index (χ1n) is 9.98. The van der Waals surface area contributed by atoms with Gasteiger partial charge in [-0.25, -0.2) is 4.98 Å². The third-order valence-electron chi connectivity index (χ3n) is 5.77. The average molecular weight is 420 g/mol. The number of aromatic amines is 1. The van der Waals surface area contributed by atoms with Gasteiger partial charge in [0.05, 0.1) is 16.7 Å². The molecule has 1 saturated heterocycles. The van der Waals surface area contributed by atoms with Crippen molar-refractivity contribution in [3.05, 3.63) is 46.6 Å². The molecule has 9 heteroatoms. The Morgan fingerprint density at radius 2 is 2.13 bits per heavy atom. The molecule has 1 amide bonds. The van der Waals surface area contributed by atoms with Crippen LogP contribution in [0.25, 0.3) is 11.0 Å². The van der Waals surface area contributed by atoms with E-state index < -0.39 is 11.9 Å². The summed E-state index contributed by atoms with van der Waals surface area (Å²) < 4.78 is 43.9. The fourth-order valence-corrected chi connectivity index (χ4v) is 4.11. The molecular weight excluding hydrogens is 397 g/mol. The van der Waals surface area contributed by atoms with Crippen LogP contribution in [0, 0.1) is 13.8 Å². The van der Waals surface area contributed by atoms with Crippen molar-refractivity contribution >= 4 is 16.9 Å². The van der Waals surface area contributed by atoms with Gasteiger partial charge >= 0.3 is 6.18 Å². The monoisotopic (exact) mass is 420 g/mol. The Labute approximate surface area is 171 Å². The molecule has 0 spiro atoms. The van der Waals surface area contributed by atoms with Crippen LogP contribution in [0.1, 0.15) is 53.6 Å². The van der Waals surface area contributed by atoms with Gasteiger partial charge in [-0.1, -0.05) is 5.16 Å². The Bertz CT molecular complexity index is 1050. The van der Waals surface area contributed by atoms with Crippen LogP contribution in [0.15, 0.2) is 22.7 Å². The van der Waals surface area contributed by atoms with Gasteiger partial charge in [0.2, 0.25) is 5.91 Å². The molecular formula is C21H23F3N4O2. The summed E-state index contributed by atoms with van der Waals surface area (Å²) in [7, 11) is 0. The van der Waals surface area contributed by atoms with Crippen LogP contribution in [0.4, 0.5) is 13.2 Å². The Morgan fingerprint density at radius 1 is 1.33 bits per heavy atom. The number of carbonyl (C=O) groups is 1. The Kier molecular flexibility index (Phi) is 5.29. The number of H-pyrrole nitrogens is 1. The summed E-state index contributed by atoms with van der Waals surface area (Å²) in [6.07, 6.45) is -1.80. The van der Waals surface area contributed by atoms with Crippen molar-refractivity contribution in [2.75, 3.05) is 13.1 Å². The number of amides is 1. The van der Waals surface area contributed by atoms with Crippen molar-refractivity contribution in [2.45, 2.75) is 51.6 Å². The van der Waals surface area contributed by atoms with Crippen LogP contribution in [0.5, 0.6) is 0 Å². The van der Waals surface area contributed by atoms with E-state index in [9.17, 15) is 18.0 Å². The third kappa shape index (κ3) is 4.06. The van der Waals surface area contributed by atoms with Gasteiger partial charge < -0.3 is 14.4 Å². The van der Waals surface area contributed by atoms with Gasteiger partial charge in [0.1, 0.15) is 11.5 Å². The van der Waals surface area contributed by atoms with Crippen molar-refractivity contribution in [3.63, 3.8) is 0 Å². The largest absolute Gasteiger partial charge is 0.433 e. The lowest BCUT2D eigenvalue weighted by molar-refractivity contribution is -0.141. The lowest BCUT2D eigenvalue weighted by Gasteiger charge is -2.32. The SMILES string of the molecule is Cc1noc(C)c1CCC(=O)N1CCCC(c2cc3nc(C(F)(F)F)ccc3[nH]2)C1. The predicted octanol–water partition coefficient (Wildman–Crippen LogP) is 4.53. The highest BCUT2D eigenvalue weighted by atomic mass is 19.4. The Hall–Kier alpha value is -2.84. The summed E-state index contributed by atoms with van der Waals surface area (Å²) in [5, 5.41) is 3.92. The molecule has 0 radical (unpaired) electrons. The lowest BCUT2D eigenvalue weighted by Crippen LogP contribution is -2.39. The van der Waals surface area contributed by atoms with E-state index in [1.807, 2.05) is 18.7 Å². The molecule has 0 aliphatic carbocycles. The van der Waals surface area contributed by atoms with E-state index in [-0.39, 0.29) is 11.8 Å². The van der Waals surface area contributed by atoms with Crippen LogP contribution < -0.4 is 0 Å². The summed E-state index contributed by atoms with van der Waals surface area (Å²) in [4.78, 5) is 21.5. The van der Waals surface area contributed by atoms with Gasteiger partial charge in [-0.2, -0.15) is 13.2 Å². The molecule has 0 saturated carbocycles. The molecule has 1 unspecified atom stereocenters. The summed E-state index contributed by atoms with van der Waals surface area (Å²) in [5.41, 5.74) is 2.56. The standard InChI is InChI=1S/C21H23F3N4O2/c1-12-15(13(2)30-27-12)5-8-20(29)28-9-3-4-14(11-28)17-10-18-16(25-17)6-7-19(26-18)21(22,23)24/h6-7,10,14,25H,3-5,8-9,11H2,1-2H3. The first kappa shape index (κ1) is 20.4. The predicted molar refractivity (Wildman–Crippen MR) is 104 cm³/mol. The van der Waals surface area contributed by atoms with E-state index in [0.717, 1.165) is 41.6 Å². The molecule has 6 nitrogen and oxygen atoms in total. The van der Waals surface area contributed by atoms with E-state index in [1.165, 1.54) is 6.07 Å². The Balaban J connectivity index is 1.45. The van der Waals surface area contributed by atoms with E-state index in [2.05, 4.69) is 15.1 Å². The number of fused-ring (bicyclic) bond motifs is 1. The zero-order valence-electron chi connectivity index (χ0n) is 16.8. The number of aryl methyl sites for hydroxylation is 2. The molecule has 1 aliphatic rings. The fraction of sp³-hybridized carbons (Fsp3) is 0.476. The molecule has 30 heavy (non-hydrogen) atoms. The summed E-state index contributed by atoms with van der Waals surface area (Å²) in [6, 6.07) is 4.06. The minimum Gasteiger partial charge on any atom is -0.361 e. The molecule has 160 valence electrons. The minimum atomic E-state index is -4.47. The number of piperidine rings is 1. The lowest BCUT2D eigenvalue weighted by atomic mass is 9.94. The molecule has 1 fully saturated rings. The Morgan fingerprint density at radius 3 is 2.83 bits per heavy atom. The van der Waals surface area contributed by atoms with Gasteiger partial charge in [-0.05, 0) is 51.3 Å². The summed E-state index contributed by atoms with van der Waals surface area (Å²) in [6.45, 7) is 4.93. The number of carbonyl (C=O) groups excluding carboxylic acids is 1. The molecule has 1 aliphatic heterocycles. The van der Waals surface area contributed by atoms with Gasteiger partial charge in [0.15, 0.2) is 0 Å². The van der Waals surface area contributed by atoms with E-state index >= 15 is 0 Å². The number of halogens is 3. The molecule has 1 atom stereocenters. The molecule has 1 N–H and O–H groups in total. The number of hydrogen-bond acceptors (Lipinski definition) is 4. The van der Waals surface area contributed by atoms with Crippen LogP contribution in [-0.4, -0.2) is 39.0 Å². The second-order valence-corrected chi connectivity index (χ2v) is 7.83. The van der Waals surface area contributed by atoms with E-state index in [1.54, 1.807) is 6.07 Å². The van der Waals surface area contributed by atoms with E-state index in [0.29, 0.717) is 37.0 Å². The number of alkyl halides is 3. The smallest absolute Gasteiger partial charge is 0.361 e. The highest BCUT2D eigenvalue weighted by molar-refractivity contribution is 5.78. The number of nitrogens with one attached hydrogen (secondary N) is 1. The molecule has 0 aromatic carbocycles. The van der Waals surface area contributed by atoms with Crippen molar-refractivity contribution in [2.24, 2.45) is 0 Å².